The van der Waals surface area contributed by atoms with Gasteiger partial charge in [-0.1, -0.05) is 30.3 Å². The van der Waals surface area contributed by atoms with Crippen LogP contribution in [0, 0.1) is 0 Å². The zero-order valence-corrected chi connectivity index (χ0v) is 12.4. The van der Waals surface area contributed by atoms with Crippen LogP contribution < -0.4 is 0 Å². The number of rotatable bonds is 6. The first kappa shape index (κ1) is 15.2. The molecule has 0 unspecified atom stereocenters. The lowest BCUT2D eigenvalue weighted by molar-refractivity contribution is 0.0489. The van der Waals surface area contributed by atoms with Gasteiger partial charge in [-0.25, -0.2) is 4.79 Å². The van der Waals surface area contributed by atoms with Gasteiger partial charge in [-0.2, -0.15) is 4.40 Å². The van der Waals surface area contributed by atoms with Crippen LogP contribution in [0.3, 0.4) is 0 Å². The van der Waals surface area contributed by atoms with Gasteiger partial charge in [0.25, 0.3) is 0 Å². The van der Waals surface area contributed by atoms with E-state index in [2.05, 4.69) is 10.3 Å². The van der Waals surface area contributed by atoms with E-state index in [0.717, 1.165) is 5.75 Å². The highest BCUT2D eigenvalue weighted by Gasteiger charge is 2.10. The molecule has 5 heteroatoms. The minimum atomic E-state index is -0.465. The number of benzene rings is 1. The third-order valence-corrected chi connectivity index (χ3v) is 3.20. The van der Waals surface area contributed by atoms with E-state index < -0.39 is 5.97 Å². The number of furan rings is 1. The van der Waals surface area contributed by atoms with Gasteiger partial charge in [0.2, 0.25) is 5.76 Å². The third kappa shape index (κ3) is 4.99. The molecule has 108 valence electrons. The van der Waals surface area contributed by atoms with Gasteiger partial charge in [0.1, 0.15) is 5.76 Å². The minimum absolute atomic E-state index is 0.182. The Balaban J connectivity index is 1.86. The van der Waals surface area contributed by atoms with E-state index >= 15 is 0 Å². The van der Waals surface area contributed by atoms with Crippen LogP contribution in [0.25, 0.3) is 6.08 Å². The van der Waals surface area contributed by atoms with Crippen molar-refractivity contribution in [3.8, 4) is 0 Å². The quantitative estimate of drug-likeness (QED) is 0.460. The summed E-state index contributed by atoms with van der Waals surface area (Å²) in [5.41, 5.74) is 1.20. The molecule has 0 aliphatic heterocycles. The second kappa shape index (κ2) is 8.15. The van der Waals surface area contributed by atoms with Gasteiger partial charge in [0.15, 0.2) is 0 Å². The van der Waals surface area contributed by atoms with Crippen molar-refractivity contribution in [2.24, 2.45) is 4.40 Å². The Labute approximate surface area is 127 Å². The van der Waals surface area contributed by atoms with E-state index in [0.29, 0.717) is 12.4 Å². The molecule has 1 heterocycles. The van der Waals surface area contributed by atoms with Crippen LogP contribution >= 0.6 is 11.9 Å². The van der Waals surface area contributed by atoms with E-state index in [-0.39, 0.29) is 5.76 Å². The monoisotopic (exact) mass is 301 g/mol. The fourth-order valence-electron chi connectivity index (χ4n) is 1.55. The van der Waals surface area contributed by atoms with Crippen molar-refractivity contribution >= 4 is 29.9 Å². The summed E-state index contributed by atoms with van der Waals surface area (Å²) < 4.78 is 14.2. The number of ether oxygens (including phenoxy) is 1. The highest BCUT2D eigenvalue weighted by molar-refractivity contribution is 7.97. The maximum Gasteiger partial charge on any atom is 0.374 e. The van der Waals surface area contributed by atoms with Crippen LogP contribution in [0.1, 0.15) is 28.8 Å². The summed E-state index contributed by atoms with van der Waals surface area (Å²) in [4.78, 5) is 11.4. The Morgan fingerprint density at radius 2 is 2.14 bits per heavy atom. The van der Waals surface area contributed by atoms with Crippen molar-refractivity contribution in [2.75, 3.05) is 6.61 Å². The second-order valence-electron chi connectivity index (χ2n) is 4.05. The van der Waals surface area contributed by atoms with Crippen LogP contribution in [0.2, 0.25) is 0 Å². The van der Waals surface area contributed by atoms with Crippen LogP contribution in [0.5, 0.6) is 0 Å². The maximum atomic E-state index is 11.4. The number of carbonyl (C=O) groups is 1. The molecule has 4 nitrogen and oxygen atoms in total. The normalized spacial score (nSPS) is 9.76. The van der Waals surface area contributed by atoms with E-state index in [9.17, 15) is 4.79 Å². The standard InChI is InChI=1S/C16H15NO3S/c1-2-19-16(18)15-9-8-14(20-15)10-11-17-21-12-13-6-4-3-5-7-13/h3-10H,2,12H2,1H3. The van der Waals surface area contributed by atoms with Gasteiger partial charge in [-0.05, 0) is 42.4 Å². The first-order valence-corrected chi connectivity index (χ1v) is 7.45. The number of hydrogen-bond acceptors (Lipinski definition) is 5. The molecule has 0 N–H and O–H groups in total. The van der Waals surface area contributed by atoms with Gasteiger partial charge >= 0.3 is 5.97 Å². The number of hydrogen-bond donors (Lipinski definition) is 0. The summed E-state index contributed by atoms with van der Waals surface area (Å²) in [7, 11) is 0. The lowest BCUT2D eigenvalue weighted by atomic mass is 10.2. The zero-order chi connectivity index (χ0) is 14.9. The van der Waals surface area contributed by atoms with E-state index in [1.54, 1.807) is 25.1 Å². The first-order valence-electron chi connectivity index (χ1n) is 6.51. The second-order valence-corrected chi connectivity index (χ2v) is 4.78. The Morgan fingerprint density at radius 3 is 2.90 bits per heavy atom. The molecule has 0 atom stereocenters. The van der Waals surface area contributed by atoms with E-state index in [1.807, 2.05) is 30.3 Å². The van der Waals surface area contributed by atoms with Crippen LogP contribution in [0.15, 0.2) is 51.3 Å². The van der Waals surface area contributed by atoms with Crippen molar-refractivity contribution in [1.82, 2.24) is 0 Å². The van der Waals surface area contributed by atoms with Gasteiger partial charge in [-0.3, -0.25) is 0 Å². The molecule has 2 rings (SSSR count). The number of esters is 1. The summed E-state index contributed by atoms with van der Waals surface area (Å²) in [6.07, 6.45) is 1.58. The SMILES string of the molecule is CCOC(=O)c1ccc(C=C=NSCc2ccccc2)o1. The molecule has 0 fully saturated rings. The maximum absolute atomic E-state index is 11.4. The van der Waals surface area contributed by atoms with Crippen molar-refractivity contribution in [3.63, 3.8) is 0 Å². The van der Waals surface area contributed by atoms with Crippen molar-refractivity contribution in [1.29, 1.82) is 0 Å². The van der Waals surface area contributed by atoms with Gasteiger partial charge in [0, 0.05) is 11.8 Å². The lowest BCUT2D eigenvalue weighted by Gasteiger charge is -1.95. The fraction of sp³-hybridized carbons (Fsp3) is 0.188. The molecule has 0 saturated heterocycles. The highest BCUT2D eigenvalue weighted by atomic mass is 32.2. The average Bonchev–Trinajstić information content (AvgIpc) is 2.97. The predicted molar refractivity (Wildman–Crippen MR) is 84.3 cm³/mol. The largest absolute Gasteiger partial charge is 0.460 e. The van der Waals surface area contributed by atoms with Crippen LogP contribution in [-0.2, 0) is 10.5 Å². The number of nitrogens with zero attached hydrogens (tertiary/aromatic N) is 1. The average molecular weight is 301 g/mol. The van der Waals surface area contributed by atoms with E-state index in [4.69, 9.17) is 9.15 Å². The zero-order valence-electron chi connectivity index (χ0n) is 11.6. The smallest absolute Gasteiger partial charge is 0.374 e. The fourth-order valence-corrected chi connectivity index (χ4v) is 2.08. The molecule has 0 saturated carbocycles. The number of carbonyl (C=O) groups excluding carboxylic acids is 1. The Hall–Kier alpha value is -2.23. The Kier molecular flexibility index (Phi) is 5.88. The molecule has 1 aromatic carbocycles. The summed E-state index contributed by atoms with van der Waals surface area (Å²) in [6.45, 7) is 2.07. The van der Waals surface area contributed by atoms with Gasteiger partial charge in [0.05, 0.1) is 6.61 Å². The molecule has 0 amide bonds. The molecule has 0 radical (unpaired) electrons. The van der Waals surface area contributed by atoms with Crippen molar-refractivity contribution < 1.29 is 13.9 Å². The summed E-state index contributed by atoms with van der Waals surface area (Å²) in [5, 5.41) is 0. The topological polar surface area (TPSA) is 51.8 Å². The molecule has 0 aliphatic rings. The summed E-state index contributed by atoms with van der Waals surface area (Å²) in [6, 6.07) is 13.3. The summed E-state index contributed by atoms with van der Waals surface area (Å²) >= 11 is 1.40. The van der Waals surface area contributed by atoms with Gasteiger partial charge in [-0.15, -0.1) is 0 Å². The molecular weight excluding hydrogens is 286 g/mol. The molecular formula is C16H15NO3S. The van der Waals surface area contributed by atoms with Crippen LogP contribution in [-0.4, -0.2) is 18.4 Å². The Bertz CT molecular complexity index is 643. The van der Waals surface area contributed by atoms with Crippen LogP contribution in [0.4, 0.5) is 0 Å². The van der Waals surface area contributed by atoms with Crippen molar-refractivity contribution in [3.05, 3.63) is 59.5 Å². The lowest BCUT2D eigenvalue weighted by Crippen LogP contribution is -2.02. The molecule has 21 heavy (non-hydrogen) atoms. The molecule has 0 spiro atoms. The highest BCUT2D eigenvalue weighted by Crippen LogP contribution is 2.12. The predicted octanol–water partition coefficient (Wildman–Crippen LogP) is 3.99. The Morgan fingerprint density at radius 1 is 1.33 bits per heavy atom. The van der Waals surface area contributed by atoms with E-state index in [1.165, 1.54) is 17.5 Å². The minimum Gasteiger partial charge on any atom is -0.460 e. The molecule has 2 aromatic rings. The van der Waals surface area contributed by atoms with Crippen molar-refractivity contribution in [2.45, 2.75) is 12.7 Å². The van der Waals surface area contributed by atoms with Gasteiger partial charge < -0.3 is 9.15 Å². The third-order valence-electron chi connectivity index (χ3n) is 2.50. The molecule has 0 aliphatic carbocycles. The summed E-state index contributed by atoms with van der Waals surface area (Å²) in [5.74, 6) is 3.79. The molecule has 1 aromatic heterocycles. The molecule has 0 bridgehead atoms. The first-order chi connectivity index (χ1) is 10.3.